The first-order chi connectivity index (χ1) is 15.2. The van der Waals surface area contributed by atoms with E-state index in [1.54, 1.807) is 21.1 Å². The average Bonchev–Trinajstić information content (AvgIpc) is 2.75. The molecule has 0 spiro atoms. The van der Waals surface area contributed by atoms with E-state index in [-0.39, 0.29) is 12.2 Å². The number of hydrogen-bond acceptors (Lipinski definition) is 11. The lowest BCUT2D eigenvalue weighted by Gasteiger charge is -2.46. The Balaban J connectivity index is 1.64. The molecule has 13 atom stereocenters. The summed E-state index contributed by atoms with van der Waals surface area (Å²) < 4.78 is 45.9. The lowest BCUT2D eigenvalue weighted by molar-refractivity contribution is -0.350. The second-order valence-corrected chi connectivity index (χ2v) is 8.68. The Bertz CT molecular complexity index is 580. The van der Waals surface area contributed by atoms with Gasteiger partial charge in [-0.2, -0.15) is 0 Å². The minimum atomic E-state index is -1.18. The number of ether oxygens (including phenoxy) is 8. The van der Waals surface area contributed by atoms with Gasteiger partial charge in [0.1, 0.15) is 30.5 Å². The summed E-state index contributed by atoms with van der Waals surface area (Å²) in [5.74, 6) is 0. The van der Waals surface area contributed by atoms with Gasteiger partial charge in [0.2, 0.25) is 0 Å². The predicted molar refractivity (Wildman–Crippen MR) is 109 cm³/mol. The zero-order valence-electron chi connectivity index (χ0n) is 19.5. The summed E-state index contributed by atoms with van der Waals surface area (Å²) in [7, 11) is 4.55. The molecular formula is C21H38O11. The molecule has 0 aliphatic carbocycles. The SMILES string of the molecule is COC1CC(O)OC(C)C1OC1CC(OC)C(OC2OC(C)C(O)C(OC)C2O)C(C)O1. The molecule has 11 heteroatoms. The van der Waals surface area contributed by atoms with Crippen LogP contribution in [0.15, 0.2) is 0 Å². The van der Waals surface area contributed by atoms with Crippen LogP contribution in [0.5, 0.6) is 0 Å². The maximum atomic E-state index is 10.6. The minimum Gasteiger partial charge on any atom is -0.388 e. The quantitative estimate of drug-likeness (QED) is 0.449. The van der Waals surface area contributed by atoms with Crippen molar-refractivity contribution >= 4 is 0 Å². The number of hydrogen-bond donors (Lipinski definition) is 3. The van der Waals surface area contributed by atoms with Crippen molar-refractivity contribution in [1.82, 2.24) is 0 Å². The molecule has 3 aliphatic rings. The average molecular weight is 467 g/mol. The van der Waals surface area contributed by atoms with Crippen LogP contribution in [-0.4, -0.2) is 117 Å². The van der Waals surface area contributed by atoms with E-state index in [4.69, 9.17) is 37.9 Å². The molecule has 0 aromatic carbocycles. The summed E-state index contributed by atoms with van der Waals surface area (Å²) in [6.45, 7) is 5.33. The summed E-state index contributed by atoms with van der Waals surface area (Å²) in [5, 5.41) is 30.6. The monoisotopic (exact) mass is 466 g/mol. The van der Waals surface area contributed by atoms with Crippen molar-refractivity contribution in [2.24, 2.45) is 0 Å². The van der Waals surface area contributed by atoms with Crippen molar-refractivity contribution in [3.05, 3.63) is 0 Å². The van der Waals surface area contributed by atoms with E-state index >= 15 is 0 Å². The summed E-state index contributed by atoms with van der Waals surface area (Å²) in [6, 6.07) is 0. The van der Waals surface area contributed by atoms with Crippen molar-refractivity contribution < 1.29 is 53.2 Å². The number of methoxy groups -OCH3 is 3. The molecule has 0 aromatic heterocycles. The van der Waals surface area contributed by atoms with E-state index in [2.05, 4.69) is 0 Å². The number of rotatable bonds is 7. The smallest absolute Gasteiger partial charge is 0.187 e. The van der Waals surface area contributed by atoms with Gasteiger partial charge in [-0.1, -0.05) is 0 Å². The van der Waals surface area contributed by atoms with E-state index in [1.807, 2.05) is 13.8 Å². The summed E-state index contributed by atoms with van der Waals surface area (Å²) in [4.78, 5) is 0. The molecule has 0 bridgehead atoms. The molecule has 0 radical (unpaired) electrons. The van der Waals surface area contributed by atoms with E-state index in [0.717, 1.165) is 0 Å². The van der Waals surface area contributed by atoms with Crippen LogP contribution in [0.4, 0.5) is 0 Å². The van der Waals surface area contributed by atoms with E-state index < -0.39 is 67.7 Å². The van der Waals surface area contributed by atoms with Gasteiger partial charge in [0.25, 0.3) is 0 Å². The molecule has 3 aliphatic heterocycles. The van der Waals surface area contributed by atoms with Crippen LogP contribution in [0.25, 0.3) is 0 Å². The first-order valence-corrected chi connectivity index (χ1v) is 11.1. The Hall–Kier alpha value is -0.440. The highest BCUT2D eigenvalue weighted by Gasteiger charge is 2.48. The van der Waals surface area contributed by atoms with Crippen LogP contribution in [0.1, 0.15) is 33.6 Å². The standard InChI is InChI=1S/C21H38O11/c1-9-16(23)20(27-6)17(24)21(30-9)32-19-11(3)29-15(8-13(19)26-5)31-18-10(2)28-14(22)7-12(18)25-4/h9-24H,7-8H2,1-6H3. The Kier molecular flexibility index (Phi) is 9.26. The second kappa shape index (κ2) is 11.3. The molecule has 0 aromatic rings. The van der Waals surface area contributed by atoms with Crippen LogP contribution in [-0.2, 0) is 37.9 Å². The zero-order valence-corrected chi connectivity index (χ0v) is 19.5. The highest BCUT2D eigenvalue weighted by Crippen LogP contribution is 2.33. The molecule has 11 nitrogen and oxygen atoms in total. The molecule has 3 saturated heterocycles. The van der Waals surface area contributed by atoms with Crippen molar-refractivity contribution in [1.29, 1.82) is 0 Å². The summed E-state index contributed by atoms with van der Waals surface area (Å²) in [6.07, 6.45) is -8.01. The van der Waals surface area contributed by atoms with Crippen LogP contribution in [0.3, 0.4) is 0 Å². The molecule has 13 unspecified atom stereocenters. The van der Waals surface area contributed by atoms with Gasteiger partial charge in [0.05, 0.1) is 30.5 Å². The van der Waals surface area contributed by atoms with Crippen LogP contribution >= 0.6 is 0 Å². The minimum absolute atomic E-state index is 0.300. The first kappa shape index (κ1) is 26.2. The van der Waals surface area contributed by atoms with Crippen LogP contribution in [0, 0.1) is 0 Å². The van der Waals surface area contributed by atoms with Crippen molar-refractivity contribution in [3.8, 4) is 0 Å². The normalized spacial score (nSPS) is 50.3. The Morgan fingerprint density at radius 2 is 1.22 bits per heavy atom. The molecular weight excluding hydrogens is 428 g/mol. The Morgan fingerprint density at radius 1 is 0.625 bits per heavy atom. The fourth-order valence-electron chi connectivity index (χ4n) is 4.68. The van der Waals surface area contributed by atoms with Crippen LogP contribution < -0.4 is 0 Å². The predicted octanol–water partition coefficient (Wildman–Crippen LogP) is -0.469. The Labute approximate surface area is 188 Å². The van der Waals surface area contributed by atoms with Gasteiger partial charge in [0, 0.05) is 34.2 Å². The number of aliphatic hydroxyl groups is 3. The lowest BCUT2D eigenvalue weighted by atomic mass is 9.98. The highest BCUT2D eigenvalue weighted by molar-refractivity contribution is 4.91. The molecule has 3 N–H and O–H groups in total. The van der Waals surface area contributed by atoms with Gasteiger partial charge in [-0.15, -0.1) is 0 Å². The highest BCUT2D eigenvalue weighted by atomic mass is 16.7. The third-order valence-electron chi connectivity index (χ3n) is 6.51. The fourth-order valence-corrected chi connectivity index (χ4v) is 4.68. The molecule has 32 heavy (non-hydrogen) atoms. The van der Waals surface area contributed by atoms with Gasteiger partial charge in [-0.25, -0.2) is 0 Å². The van der Waals surface area contributed by atoms with Gasteiger partial charge in [-0.3, -0.25) is 0 Å². The first-order valence-electron chi connectivity index (χ1n) is 11.1. The molecule has 0 amide bonds. The maximum absolute atomic E-state index is 10.6. The van der Waals surface area contributed by atoms with Gasteiger partial charge >= 0.3 is 0 Å². The second-order valence-electron chi connectivity index (χ2n) is 8.68. The number of aliphatic hydroxyl groups excluding tert-OH is 3. The van der Waals surface area contributed by atoms with E-state index in [9.17, 15) is 15.3 Å². The van der Waals surface area contributed by atoms with Crippen molar-refractivity contribution in [2.75, 3.05) is 21.3 Å². The zero-order chi connectivity index (χ0) is 23.6. The molecule has 0 saturated carbocycles. The topological polar surface area (TPSA) is 135 Å². The molecule has 3 fully saturated rings. The lowest BCUT2D eigenvalue weighted by Crippen LogP contribution is -2.61. The molecule has 3 heterocycles. The fraction of sp³-hybridized carbons (Fsp3) is 1.00. The van der Waals surface area contributed by atoms with Crippen molar-refractivity contribution in [3.63, 3.8) is 0 Å². The van der Waals surface area contributed by atoms with E-state index in [1.165, 1.54) is 7.11 Å². The largest absolute Gasteiger partial charge is 0.388 e. The third kappa shape index (κ3) is 5.61. The van der Waals surface area contributed by atoms with E-state index in [0.29, 0.717) is 12.8 Å². The van der Waals surface area contributed by atoms with Crippen LogP contribution in [0.2, 0.25) is 0 Å². The van der Waals surface area contributed by atoms with Gasteiger partial charge in [-0.05, 0) is 20.8 Å². The third-order valence-corrected chi connectivity index (χ3v) is 6.51. The summed E-state index contributed by atoms with van der Waals surface area (Å²) >= 11 is 0. The Morgan fingerprint density at radius 3 is 1.84 bits per heavy atom. The van der Waals surface area contributed by atoms with Crippen molar-refractivity contribution in [2.45, 2.75) is 114 Å². The maximum Gasteiger partial charge on any atom is 0.187 e. The molecule has 3 rings (SSSR count). The molecule has 188 valence electrons. The summed E-state index contributed by atoms with van der Waals surface area (Å²) in [5.41, 5.74) is 0. The van der Waals surface area contributed by atoms with Gasteiger partial charge in [0.15, 0.2) is 18.9 Å². The van der Waals surface area contributed by atoms with Gasteiger partial charge < -0.3 is 53.2 Å².